The van der Waals surface area contributed by atoms with Gasteiger partial charge in [-0.3, -0.25) is 4.79 Å². The van der Waals surface area contributed by atoms with E-state index in [2.05, 4.69) is 25.5 Å². The molecule has 1 saturated heterocycles. The predicted molar refractivity (Wildman–Crippen MR) is 109 cm³/mol. The van der Waals surface area contributed by atoms with E-state index in [0.29, 0.717) is 23.9 Å². The standard InChI is InChI=1S/C21H23N5O2/c1-15-23-19(13-20(24-15)22-14-18-5-4-12-28-18)21(27)25-16-6-8-17(9-7-16)26-10-2-3-11-26/h4-9,12-13H,2-3,10-11,14H2,1H3,(H,25,27)(H,22,23,24). The molecule has 144 valence electrons. The Kier molecular flexibility index (Phi) is 5.23. The van der Waals surface area contributed by atoms with E-state index in [-0.39, 0.29) is 5.91 Å². The Balaban J connectivity index is 1.42. The van der Waals surface area contributed by atoms with Crippen LogP contribution in [-0.2, 0) is 6.54 Å². The maximum atomic E-state index is 12.6. The molecule has 0 saturated carbocycles. The summed E-state index contributed by atoms with van der Waals surface area (Å²) >= 11 is 0. The van der Waals surface area contributed by atoms with Crippen LogP contribution in [0.25, 0.3) is 0 Å². The van der Waals surface area contributed by atoms with Gasteiger partial charge in [0.05, 0.1) is 12.8 Å². The van der Waals surface area contributed by atoms with E-state index in [9.17, 15) is 4.79 Å². The number of nitrogens with one attached hydrogen (secondary N) is 2. The lowest BCUT2D eigenvalue weighted by Gasteiger charge is -2.17. The van der Waals surface area contributed by atoms with Crippen molar-refractivity contribution in [3.8, 4) is 0 Å². The Labute approximate surface area is 163 Å². The number of hydrogen-bond acceptors (Lipinski definition) is 6. The lowest BCUT2D eigenvalue weighted by atomic mass is 10.2. The van der Waals surface area contributed by atoms with E-state index >= 15 is 0 Å². The van der Waals surface area contributed by atoms with Gasteiger partial charge in [-0.05, 0) is 56.2 Å². The molecule has 1 fully saturated rings. The highest BCUT2D eigenvalue weighted by Crippen LogP contribution is 2.22. The first-order valence-electron chi connectivity index (χ1n) is 9.46. The summed E-state index contributed by atoms with van der Waals surface area (Å²) < 4.78 is 5.30. The molecule has 4 rings (SSSR count). The van der Waals surface area contributed by atoms with Crippen molar-refractivity contribution in [3.63, 3.8) is 0 Å². The van der Waals surface area contributed by atoms with Crippen molar-refractivity contribution in [1.82, 2.24) is 9.97 Å². The molecule has 7 nitrogen and oxygen atoms in total. The number of rotatable bonds is 6. The second-order valence-electron chi connectivity index (χ2n) is 6.81. The quantitative estimate of drug-likeness (QED) is 0.679. The van der Waals surface area contributed by atoms with Gasteiger partial charge in [-0.15, -0.1) is 0 Å². The van der Waals surface area contributed by atoms with Crippen molar-refractivity contribution in [1.29, 1.82) is 0 Å². The first kappa shape index (κ1) is 18.0. The van der Waals surface area contributed by atoms with Crippen molar-refractivity contribution in [3.05, 3.63) is 66.0 Å². The molecular formula is C21H23N5O2. The minimum Gasteiger partial charge on any atom is -0.467 e. The Morgan fingerprint density at radius 1 is 1.14 bits per heavy atom. The van der Waals surface area contributed by atoms with E-state index in [1.807, 2.05) is 36.4 Å². The average Bonchev–Trinajstić information content (AvgIpc) is 3.41. The fraction of sp³-hybridized carbons (Fsp3) is 0.286. The SMILES string of the molecule is Cc1nc(NCc2ccco2)cc(C(=O)Nc2ccc(N3CCCC3)cc2)n1. The van der Waals surface area contributed by atoms with Crippen molar-refractivity contribution in [2.45, 2.75) is 26.3 Å². The minimum atomic E-state index is -0.263. The zero-order chi connectivity index (χ0) is 19.3. The van der Waals surface area contributed by atoms with Gasteiger partial charge in [0.2, 0.25) is 0 Å². The molecule has 3 aromatic rings. The summed E-state index contributed by atoms with van der Waals surface area (Å²) in [6, 6.07) is 13.3. The molecule has 3 heterocycles. The monoisotopic (exact) mass is 377 g/mol. The summed E-state index contributed by atoms with van der Waals surface area (Å²) in [6.45, 7) is 4.45. The van der Waals surface area contributed by atoms with Gasteiger partial charge in [0.25, 0.3) is 5.91 Å². The maximum absolute atomic E-state index is 12.6. The van der Waals surface area contributed by atoms with Crippen LogP contribution in [-0.4, -0.2) is 29.0 Å². The van der Waals surface area contributed by atoms with Crippen LogP contribution in [0.15, 0.2) is 53.1 Å². The second kappa shape index (κ2) is 8.12. The van der Waals surface area contributed by atoms with Crippen LogP contribution in [0.3, 0.4) is 0 Å². The fourth-order valence-corrected chi connectivity index (χ4v) is 3.29. The zero-order valence-corrected chi connectivity index (χ0v) is 15.8. The molecule has 1 aromatic carbocycles. The van der Waals surface area contributed by atoms with Gasteiger partial charge in [-0.25, -0.2) is 9.97 Å². The van der Waals surface area contributed by atoms with Crippen molar-refractivity contribution in [2.75, 3.05) is 28.6 Å². The molecule has 2 N–H and O–H groups in total. The lowest BCUT2D eigenvalue weighted by Crippen LogP contribution is -2.18. The number of aromatic nitrogens is 2. The predicted octanol–water partition coefficient (Wildman–Crippen LogP) is 3.84. The van der Waals surface area contributed by atoms with Gasteiger partial charge in [0, 0.05) is 30.5 Å². The number of hydrogen-bond donors (Lipinski definition) is 2. The third-order valence-corrected chi connectivity index (χ3v) is 4.69. The topological polar surface area (TPSA) is 83.3 Å². The van der Waals surface area contributed by atoms with Crippen LogP contribution >= 0.6 is 0 Å². The highest BCUT2D eigenvalue weighted by atomic mass is 16.3. The molecule has 0 radical (unpaired) electrons. The van der Waals surface area contributed by atoms with Crippen LogP contribution in [0.4, 0.5) is 17.2 Å². The number of furan rings is 1. The number of nitrogens with zero attached hydrogens (tertiary/aromatic N) is 3. The van der Waals surface area contributed by atoms with Gasteiger partial charge >= 0.3 is 0 Å². The molecule has 1 amide bonds. The zero-order valence-electron chi connectivity index (χ0n) is 15.8. The molecule has 0 bridgehead atoms. The number of aryl methyl sites for hydroxylation is 1. The Hall–Kier alpha value is -3.35. The molecule has 28 heavy (non-hydrogen) atoms. The van der Waals surface area contributed by atoms with E-state index in [0.717, 1.165) is 24.5 Å². The van der Waals surface area contributed by atoms with E-state index < -0.39 is 0 Å². The number of benzene rings is 1. The molecular weight excluding hydrogens is 354 g/mol. The second-order valence-corrected chi connectivity index (χ2v) is 6.81. The highest BCUT2D eigenvalue weighted by molar-refractivity contribution is 6.03. The molecule has 2 aromatic heterocycles. The third-order valence-electron chi connectivity index (χ3n) is 4.69. The summed E-state index contributed by atoms with van der Waals surface area (Å²) in [5.41, 5.74) is 2.25. The van der Waals surface area contributed by atoms with Crippen molar-refractivity contribution < 1.29 is 9.21 Å². The smallest absolute Gasteiger partial charge is 0.274 e. The molecule has 0 spiro atoms. The van der Waals surface area contributed by atoms with Crippen molar-refractivity contribution in [2.24, 2.45) is 0 Å². The number of amides is 1. The molecule has 1 aliphatic heterocycles. The lowest BCUT2D eigenvalue weighted by molar-refractivity contribution is 0.102. The molecule has 0 aliphatic carbocycles. The van der Waals surface area contributed by atoms with Crippen LogP contribution in [0.1, 0.15) is 34.9 Å². The highest BCUT2D eigenvalue weighted by Gasteiger charge is 2.14. The van der Waals surface area contributed by atoms with Crippen molar-refractivity contribution >= 4 is 23.1 Å². The molecule has 0 unspecified atom stereocenters. The molecule has 1 aliphatic rings. The fourth-order valence-electron chi connectivity index (χ4n) is 3.29. The number of anilines is 3. The van der Waals surface area contributed by atoms with Crippen LogP contribution in [0.2, 0.25) is 0 Å². The van der Waals surface area contributed by atoms with Gasteiger partial charge in [0.15, 0.2) is 0 Å². The summed E-state index contributed by atoms with van der Waals surface area (Å²) in [4.78, 5) is 23.6. The Bertz CT molecular complexity index is 932. The number of carbonyl (C=O) groups excluding carboxylic acids is 1. The van der Waals surface area contributed by atoms with Gasteiger partial charge in [0.1, 0.15) is 23.1 Å². The Morgan fingerprint density at radius 2 is 1.93 bits per heavy atom. The van der Waals surface area contributed by atoms with Gasteiger partial charge in [-0.1, -0.05) is 0 Å². The summed E-state index contributed by atoms with van der Waals surface area (Å²) in [7, 11) is 0. The first-order valence-corrected chi connectivity index (χ1v) is 9.46. The van der Waals surface area contributed by atoms with Crippen LogP contribution < -0.4 is 15.5 Å². The van der Waals surface area contributed by atoms with E-state index in [4.69, 9.17) is 4.42 Å². The largest absolute Gasteiger partial charge is 0.467 e. The molecule has 0 atom stereocenters. The molecule has 7 heteroatoms. The summed E-state index contributed by atoms with van der Waals surface area (Å²) in [5.74, 6) is 1.64. The van der Waals surface area contributed by atoms with Gasteiger partial charge < -0.3 is 20.0 Å². The summed E-state index contributed by atoms with van der Waals surface area (Å²) in [5, 5.41) is 6.06. The minimum absolute atomic E-state index is 0.263. The average molecular weight is 377 g/mol. The summed E-state index contributed by atoms with van der Waals surface area (Å²) in [6.07, 6.45) is 4.10. The third kappa shape index (κ3) is 4.31. The Morgan fingerprint density at radius 3 is 2.64 bits per heavy atom. The number of carbonyl (C=O) groups is 1. The first-order chi connectivity index (χ1) is 13.7. The van der Waals surface area contributed by atoms with E-state index in [1.54, 1.807) is 19.3 Å². The van der Waals surface area contributed by atoms with E-state index in [1.165, 1.54) is 18.5 Å². The maximum Gasteiger partial charge on any atom is 0.274 e. The normalized spacial score (nSPS) is 13.5. The van der Waals surface area contributed by atoms with Gasteiger partial charge in [-0.2, -0.15) is 0 Å². The van der Waals surface area contributed by atoms with Crippen LogP contribution in [0, 0.1) is 6.92 Å². The van der Waals surface area contributed by atoms with Crippen LogP contribution in [0.5, 0.6) is 0 Å².